The smallest absolute Gasteiger partial charge is 0.410 e. The highest BCUT2D eigenvalue weighted by Crippen LogP contribution is 2.27. The Morgan fingerprint density at radius 1 is 1.12 bits per heavy atom. The lowest BCUT2D eigenvalue weighted by Crippen LogP contribution is -2.52. The Hall–Kier alpha value is -2.15. The largest absolute Gasteiger partial charge is 0.495 e. The quantitative estimate of drug-likeness (QED) is 0.866. The first-order valence-electron chi connectivity index (χ1n) is 8.07. The Labute approximate surface area is 152 Å². The zero-order valence-electron chi connectivity index (χ0n) is 15.0. The van der Waals surface area contributed by atoms with Gasteiger partial charge < -0.3 is 24.6 Å². The maximum Gasteiger partial charge on any atom is 0.410 e. The second-order valence-electron chi connectivity index (χ2n) is 6.73. The van der Waals surface area contributed by atoms with E-state index in [0.29, 0.717) is 42.6 Å². The molecular formula is C17H24ClN3O4. The number of urea groups is 1. The number of nitrogens with zero attached hydrogens (tertiary/aromatic N) is 2. The fourth-order valence-corrected chi connectivity index (χ4v) is 2.62. The summed E-state index contributed by atoms with van der Waals surface area (Å²) in [5.41, 5.74) is 0.0598. The van der Waals surface area contributed by atoms with E-state index in [1.165, 1.54) is 7.11 Å². The molecule has 0 atom stereocenters. The van der Waals surface area contributed by atoms with Crippen molar-refractivity contribution >= 4 is 29.4 Å². The number of nitrogens with one attached hydrogen (secondary N) is 1. The molecule has 1 saturated heterocycles. The van der Waals surface area contributed by atoms with E-state index < -0.39 is 5.60 Å². The highest BCUT2D eigenvalue weighted by molar-refractivity contribution is 6.32. The number of hydrogen-bond donors (Lipinski definition) is 1. The molecule has 25 heavy (non-hydrogen) atoms. The number of methoxy groups -OCH3 is 1. The number of ether oxygens (including phenoxy) is 2. The van der Waals surface area contributed by atoms with Crippen molar-refractivity contribution in [2.45, 2.75) is 26.4 Å². The van der Waals surface area contributed by atoms with Crippen molar-refractivity contribution in [3.63, 3.8) is 0 Å². The molecular weight excluding hydrogens is 346 g/mol. The second kappa shape index (κ2) is 7.82. The first-order valence-corrected chi connectivity index (χ1v) is 8.45. The second-order valence-corrected chi connectivity index (χ2v) is 7.14. The molecule has 0 aliphatic carbocycles. The summed E-state index contributed by atoms with van der Waals surface area (Å²) >= 11 is 6.06. The Morgan fingerprint density at radius 2 is 1.72 bits per heavy atom. The molecule has 1 aliphatic heterocycles. The third-order valence-electron chi connectivity index (χ3n) is 3.62. The maximum atomic E-state index is 12.3. The SMILES string of the molecule is COc1ccc(NC(=O)N2CCN(C(=O)OC(C)(C)C)CC2)cc1Cl. The summed E-state index contributed by atoms with van der Waals surface area (Å²) in [7, 11) is 1.53. The van der Waals surface area contributed by atoms with Crippen LogP contribution in [0.15, 0.2) is 18.2 Å². The van der Waals surface area contributed by atoms with Gasteiger partial charge in [-0.15, -0.1) is 0 Å². The molecule has 138 valence electrons. The van der Waals surface area contributed by atoms with E-state index in [0.717, 1.165) is 0 Å². The van der Waals surface area contributed by atoms with Gasteiger partial charge in [-0.3, -0.25) is 0 Å². The van der Waals surface area contributed by atoms with E-state index in [2.05, 4.69) is 5.32 Å². The number of hydrogen-bond acceptors (Lipinski definition) is 4. The van der Waals surface area contributed by atoms with Crippen LogP contribution in [0.1, 0.15) is 20.8 Å². The Morgan fingerprint density at radius 3 is 2.24 bits per heavy atom. The highest BCUT2D eigenvalue weighted by atomic mass is 35.5. The number of carbonyl (C=O) groups is 2. The number of carbonyl (C=O) groups excluding carboxylic acids is 2. The lowest BCUT2D eigenvalue weighted by atomic mass is 10.2. The summed E-state index contributed by atoms with van der Waals surface area (Å²) in [6.45, 7) is 7.24. The van der Waals surface area contributed by atoms with E-state index >= 15 is 0 Å². The molecule has 1 aromatic rings. The van der Waals surface area contributed by atoms with Crippen LogP contribution in [0.4, 0.5) is 15.3 Å². The van der Waals surface area contributed by atoms with Gasteiger partial charge in [-0.05, 0) is 39.0 Å². The molecule has 7 nitrogen and oxygen atoms in total. The fraction of sp³-hybridized carbons (Fsp3) is 0.529. The summed E-state index contributed by atoms with van der Waals surface area (Å²) in [6, 6.07) is 4.82. The van der Waals surface area contributed by atoms with E-state index in [4.69, 9.17) is 21.1 Å². The zero-order valence-corrected chi connectivity index (χ0v) is 15.7. The topological polar surface area (TPSA) is 71.1 Å². The summed E-state index contributed by atoms with van der Waals surface area (Å²) < 4.78 is 10.4. The summed E-state index contributed by atoms with van der Waals surface area (Å²) in [4.78, 5) is 27.6. The molecule has 0 saturated carbocycles. The van der Waals surface area contributed by atoms with Gasteiger partial charge in [0.1, 0.15) is 11.4 Å². The minimum Gasteiger partial charge on any atom is -0.495 e. The van der Waals surface area contributed by atoms with Crippen molar-refractivity contribution in [2.24, 2.45) is 0 Å². The Balaban J connectivity index is 1.87. The number of benzene rings is 1. The van der Waals surface area contributed by atoms with Gasteiger partial charge in [0.25, 0.3) is 0 Å². The lowest BCUT2D eigenvalue weighted by molar-refractivity contribution is 0.0174. The van der Waals surface area contributed by atoms with Gasteiger partial charge in [0, 0.05) is 31.9 Å². The van der Waals surface area contributed by atoms with Crippen LogP contribution in [0.3, 0.4) is 0 Å². The molecule has 2 rings (SSSR count). The van der Waals surface area contributed by atoms with Crippen LogP contribution in [-0.2, 0) is 4.74 Å². The number of amides is 3. The van der Waals surface area contributed by atoms with Crippen LogP contribution >= 0.6 is 11.6 Å². The van der Waals surface area contributed by atoms with Crippen molar-refractivity contribution in [1.82, 2.24) is 9.80 Å². The third-order valence-corrected chi connectivity index (χ3v) is 3.92. The molecule has 8 heteroatoms. The monoisotopic (exact) mass is 369 g/mol. The van der Waals surface area contributed by atoms with Gasteiger partial charge >= 0.3 is 12.1 Å². The van der Waals surface area contributed by atoms with Crippen molar-refractivity contribution in [3.8, 4) is 5.75 Å². The van der Waals surface area contributed by atoms with E-state index in [1.54, 1.807) is 28.0 Å². The molecule has 1 heterocycles. The minimum atomic E-state index is -0.529. The van der Waals surface area contributed by atoms with Gasteiger partial charge in [-0.2, -0.15) is 0 Å². The van der Waals surface area contributed by atoms with Gasteiger partial charge in [0.15, 0.2) is 0 Å². The lowest BCUT2D eigenvalue weighted by Gasteiger charge is -2.35. The van der Waals surface area contributed by atoms with E-state index in [1.807, 2.05) is 20.8 Å². The van der Waals surface area contributed by atoms with Gasteiger partial charge in [0.2, 0.25) is 0 Å². The molecule has 3 amide bonds. The van der Waals surface area contributed by atoms with Gasteiger partial charge in [0.05, 0.1) is 12.1 Å². The average Bonchev–Trinajstić information content (AvgIpc) is 2.53. The maximum absolute atomic E-state index is 12.3. The highest BCUT2D eigenvalue weighted by Gasteiger charge is 2.27. The molecule has 0 aromatic heterocycles. The number of halogens is 1. The third kappa shape index (κ3) is 5.42. The van der Waals surface area contributed by atoms with Crippen LogP contribution in [0.2, 0.25) is 5.02 Å². The van der Waals surface area contributed by atoms with Crippen LogP contribution < -0.4 is 10.1 Å². The Bertz CT molecular complexity index is 637. The normalized spacial score (nSPS) is 14.9. The standard InChI is InChI=1S/C17H24ClN3O4/c1-17(2,3)25-16(23)21-9-7-20(8-10-21)15(22)19-12-5-6-14(24-4)13(18)11-12/h5-6,11H,7-10H2,1-4H3,(H,19,22). The predicted molar refractivity (Wildman–Crippen MR) is 96.4 cm³/mol. The van der Waals surface area contributed by atoms with Crippen LogP contribution in [0.5, 0.6) is 5.75 Å². The van der Waals surface area contributed by atoms with Crippen molar-refractivity contribution in [3.05, 3.63) is 23.2 Å². The molecule has 0 spiro atoms. The van der Waals surface area contributed by atoms with Gasteiger partial charge in [-0.1, -0.05) is 11.6 Å². The first kappa shape index (κ1) is 19.2. The molecule has 0 radical (unpaired) electrons. The molecule has 1 aromatic carbocycles. The fourth-order valence-electron chi connectivity index (χ4n) is 2.37. The van der Waals surface area contributed by atoms with Crippen LogP contribution in [0, 0.1) is 0 Å². The predicted octanol–water partition coefficient (Wildman–Crippen LogP) is 3.43. The molecule has 0 bridgehead atoms. The van der Waals surface area contributed by atoms with Crippen LogP contribution in [0.25, 0.3) is 0 Å². The van der Waals surface area contributed by atoms with Crippen molar-refractivity contribution in [2.75, 3.05) is 38.6 Å². The number of rotatable bonds is 2. The average molecular weight is 370 g/mol. The molecule has 1 N–H and O–H groups in total. The van der Waals surface area contributed by atoms with Crippen molar-refractivity contribution < 1.29 is 19.1 Å². The number of anilines is 1. The van der Waals surface area contributed by atoms with E-state index in [9.17, 15) is 9.59 Å². The van der Waals surface area contributed by atoms with Gasteiger partial charge in [-0.25, -0.2) is 9.59 Å². The van der Waals surface area contributed by atoms with E-state index in [-0.39, 0.29) is 12.1 Å². The zero-order chi connectivity index (χ0) is 18.6. The number of piperazine rings is 1. The first-order chi connectivity index (χ1) is 11.7. The summed E-state index contributed by atoms with van der Waals surface area (Å²) in [6.07, 6.45) is -0.352. The van der Waals surface area contributed by atoms with Crippen molar-refractivity contribution in [1.29, 1.82) is 0 Å². The van der Waals surface area contributed by atoms with Crippen LogP contribution in [-0.4, -0.2) is 60.8 Å². The minimum absolute atomic E-state index is 0.231. The summed E-state index contributed by atoms with van der Waals surface area (Å²) in [5.74, 6) is 0.547. The molecule has 1 fully saturated rings. The Kier molecular flexibility index (Phi) is 6.00. The summed E-state index contributed by atoms with van der Waals surface area (Å²) in [5, 5.41) is 3.22. The molecule has 1 aliphatic rings. The molecule has 0 unspecified atom stereocenters.